The van der Waals surface area contributed by atoms with Gasteiger partial charge in [-0.2, -0.15) is 0 Å². The van der Waals surface area contributed by atoms with Crippen molar-refractivity contribution in [1.82, 2.24) is 4.90 Å². The number of ether oxygens (including phenoxy) is 2. The number of amides is 1. The van der Waals surface area contributed by atoms with Crippen LogP contribution < -0.4 is 9.47 Å². The number of fused-ring (bicyclic) bond motifs is 1. The third-order valence-electron chi connectivity index (χ3n) is 4.45. The monoisotopic (exact) mass is 329 g/mol. The quantitative estimate of drug-likeness (QED) is 0.864. The highest BCUT2D eigenvalue weighted by Gasteiger charge is 2.45. The molecule has 2 aromatic rings. The van der Waals surface area contributed by atoms with Crippen molar-refractivity contribution in [3.8, 4) is 11.5 Å². The summed E-state index contributed by atoms with van der Waals surface area (Å²) in [4.78, 5) is 15.6. The lowest BCUT2D eigenvalue weighted by atomic mass is 10.1. The van der Waals surface area contributed by atoms with Crippen LogP contribution in [0.3, 0.4) is 0 Å². The van der Waals surface area contributed by atoms with Gasteiger partial charge >= 0.3 is 0 Å². The number of carbonyl (C=O) groups excluding carboxylic acids is 1. The van der Waals surface area contributed by atoms with Crippen molar-refractivity contribution in [1.29, 1.82) is 0 Å². The average molecular weight is 329 g/mol. The second-order valence-corrected chi connectivity index (χ2v) is 7.16. The summed E-state index contributed by atoms with van der Waals surface area (Å²) in [6.45, 7) is 1.89. The molecule has 1 aliphatic heterocycles. The van der Waals surface area contributed by atoms with Crippen molar-refractivity contribution in [3.63, 3.8) is 0 Å². The highest BCUT2D eigenvalue weighted by atomic mass is 32.1. The number of rotatable bonds is 4. The van der Waals surface area contributed by atoms with E-state index in [-0.39, 0.29) is 11.8 Å². The minimum atomic E-state index is 0.0996. The van der Waals surface area contributed by atoms with Gasteiger partial charge in [0.2, 0.25) is 5.91 Å². The van der Waals surface area contributed by atoms with Crippen LogP contribution in [-0.2, 0) is 11.3 Å². The van der Waals surface area contributed by atoms with Crippen LogP contribution in [0.5, 0.6) is 11.5 Å². The van der Waals surface area contributed by atoms with Crippen molar-refractivity contribution < 1.29 is 14.3 Å². The first-order valence-electron chi connectivity index (χ1n) is 7.89. The second-order valence-electron chi connectivity index (χ2n) is 6.13. The van der Waals surface area contributed by atoms with Crippen molar-refractivity contribution >= 4 is 17.2 Å². The summed E-state index contributed by atoms with van der Waals surface area (Å²) >= 11 is 1.69. The number of hydrogen-bond donors (Lipinski definition) is 0. The molecule has 1 aromatic carbocycles. The van der Waals surface area contributed by atoms with Crippen LogP contribution in [0.2, 0.25) is 0 Å². The molecule has 4 rings (SSSR count). The van der Waals surface area contributed by atoms with Crippen molar-refractivity contribution in [2.24, 2.45) is 5.92 Å². The standard InChI is InChI=1S/C18H19NO3S/c1-19(11-13-3-2-8-23-13)18(20)15-10-14(15)12-4-5-16-17(9-12)22-7-6-21-16/h2-5,8-9,14-15H,6-7,10-11H2,1H3/t14-,15-/m0/s1. The maximum absolute atomic E-state index is 12.6. The number of benzene rings is 1. The van der Waals surface area contributed by atoms with Crippen molar-refractivity contribution in [2.75, 3.05) is 20.3 Å². The molecule has 1 aromatic heterocycles. The summed E-state index contributed by atoms with van der Waals surface area (Å²) in [7, 11) is 1.89. The van der Waals surface area contributed by atoms with E-state index in [1.54, 1.807) is 11.3 Å². The molecule has 1 amide bonds. The van der Waals surface area contributed by atoms with Gasteiger partial charge in [-0.15, -0.1) is 11.3 Å². The predicted molar refractivity (Wildman–Crippen MR) is 89.1 cm³/mol. The highest BCUT2D eigenvalue weighted by molar-refractivity contribution is 7.09. The molecule has 4 nitrogen and oxygen atoms in total. The van der Waals surface area contributed by atoms with Gasteiger partial charge in [-0.25, -0.2) is 0 Å². The number of hydrogen-bond acceptors (Lipinski definition) is 4. The summed E-state index contributed by atoms with van der Waals surface area (Å²) in [5.74, 6) is 2.25. The topological polar surface area (TPSA) is 38.8 Å². The largest absolute Gasteiger partial charge is 0.486 e. The van der Waals surface area contributed by atoms with Gasteiger partial charge in [-0.1, -0.05) is 12.1 Å². The van der Waals surface area contributed by atoms with Gasteiger partial charge in [0.05, 0.1) is 6.54 Å². The van der Waals surface area contributed by atoms with E-state index in [9.17, 15) is 4.79 Å². The zero-order chi connectivity index (χ0) is 15.8. The van der Waals surface area contributed by atoms with Gasteiger partial charge in [0.15, 0.2) is 11.5 Å². The van der Waals surface area contributed by atoms with E-state index in [1.165, 1.54) is 10.4 Å². The first kappa shape index (κ1) is 14.6. The molecule has 0 radical (unpaired) electrons. The minimum Gasteiger partial charge on any atom is -0.486 e. The molecule has 23 heavy (non-hydrogen) atoms. The molecule has 0 bridgehead atoms. The Morgan fingerprint density at radius 1 is 1.26 bits per heavy atom. The van der Waals surface area contributed by atoms with Gasteiger partial charge in [0, 0.05) is 17.8 Å². The molecule has 1 fully saturated rings. The van der Waals surface area contributed by atoms with Crippen LogP contribution in [0.15, 0.2) is 35.7 Å². The predicted octanol–water partition coefficient (Wildman–Crippen LogP) is 3.28. The Morgan fingerprint density at radius 2 is 2.09 bits per heavy atom. The Balaban J connectivity index is 1.42. The molecular formula is C18H19NO3S. The van der Waals surface area contributed by atoms with Gasteiger partial charge < -0.3 is 14.4 Å². The first-order valence-corrected chi connectivity index (χ1v) is 8.77. The fraction of sp³-hybridized carbons (Fsp3) is 0.389. The normalized spacial score (nSPS) is 21.8. The number of carbonyl (C=O) groups is 1. The van der Waals surface area contributed by atoms with E-state index < -0.39 is 0 Å². The zero-order valence-electron chi connectivity index (χ0n) is 13.0. The van der Waals surface area contributed by atoms with Gasteiger partial charge in [0.1, 0.15) is 13.2 Å². The molecule has 2 atom stereocenters. The lowest BCUT2D eigenvalue weighted by Gasteiger charge is -2.19. The molecule has 0 saturated heterocycles. The van der Waals surface area contributed by atoms with E-state index in [1.807, 2.05) is 35.5 Å². The summed E-state index contributed by atoms with van der Waals surface area (Å²) < 4.78 is 11.2. The Morgan fingerprint density at radius 3 is 2.87 bits per heavy atom. The molecule has 0 unspecified atom stereocenters. The van der Waals surface area contributed by atoms with Crippen LogP contribution in [0.1, 0.15) is 22.8 Å². The Bertz CT molecular complexity index is 713. The van der Waals surface area contributed by atoms with Crippen LogP contribution in [0.4, 0.5) is 0 Å². The van der Waals surface area contributed by atoms with Crippen LogP contribution in [-0.4, -0.2) is 31.1 Å². The number of thiophene rings is 1. The number of nitrogens with zero attached hydrogens (tertiary/aromatic N) is 1. The van der Waals surface area contributed by atoms with Crippen LogP contribution in [0, 0.1) is 5.92 Å². The van der Waals surface area contributed by atoms with E-state index in [2.05, 4.69) is 12.1 Å². The van der Waals surface area contributed by atoms with Gasteiger partial charge in [0.25, 0.3) is 0 Å². The molecule has 1 aliphatic carbocycles. The summed E-state index contributed by atoms with van der Waals surface area (Å²) in [6.07, 6.45) is 0.924. The molecule has 1 saturated carbocycles. The Labute approximate surface area is 139 Å². The third kappa shape index (κ3) is 2.93. The second kappa shape index (κ2) is 5.89. The first-order chi connectivity index (χ1) is 11.2. The van der Waals surface area contributed by atoms with Crippen LogP contribution >= 0.6 is 11.3 Å². The maximum Gasteiger partial charge on any atom is 0.226 e. The van der Waals surface area contributed by atoms with E-state index in [4.69, 9.17) is 9.47 Å². The summed E-state index contributed by atoms with van der Waals surface area (Å²) in [5, 5.41) is 2.04. The van der Waals surface area contributed by atoms with E-state index >= 15 is 0 Å². The molecule has 5 heteroatoms. The van der Waals surface area contributed by atoms with Crippen molar-refractivity contribution in [2.45, 2.75) is 18.9 Å². The van der Waals surface area contributed by atoms with E-state index in [0.717, 1.165) is 17.9 Å². The smallest absolute Gasteiger partial charge is 0.226 e. The molecular weight excluding hydrogens is 310 g/mol. The summed E-state index contributed by atoms with van der Waals surface area (Å²) in [6, 6.07) is 10.1. The average Bonchev–Trinajstić information content (AvgIpc) is 3.22. The Kier molecular flexibility index (Phi) is 3.73. The molecule has 2 heterocycles. The lowest BCUT2D eigenvalue weighted by molar-refractivity contribution is -0.131. The lowest BCUT2D eigenvalue weighted by Crippen LogP contribution is -2.27. The maximum atomic E-state index is 12.6. The Hall–Kier alpha value is -2.01. The highest BCUT2D eigenvalue weighted by Crippen LogP contribution is 2.50. The molecule has 0 spiro atoms. The van der Waals surface area contributed by atoms with Gasteiger partial charge in [-0.05, 0) is 41.5 Å². The van der Waals surface area contributed by atoms with Crippen LogP contribution in [0.25, 0.3) is 0 Å². The summed E-state index contributed by atoms with van der Waals surface area (Å²) in [5.41, 5.74) is 1.18. The van der Waals surface area contributed by atoms with Gasteiger partial charge in [-0.3, -0.25) is 4.79 Å². The van der Waals surface area contributed by atoms with Crippen molar-refractivity contribution in [3.05, 3.63) is 46.2 Å². The third-order valence-corrected chi connectivity index (χ3v) is 5.31. The molecule has 120 valence electrons. The minimum absolute atomic E-state index is 0.0996. The zero-order valence-corrected chi connectivity index (χ0v) is 13.8. The molecule has 2 aliphatic rings. The fourth-order valence-corrected chi connectivity index (χ4v) is 3.88. The van der Waals surface area contributed by atoms with E-state index in [0.29, 0.717) is 25.7 Å². The SMILES string of the molecule is CN(Cc1cccs1)C(=O)[C@H]1C[C@H]1c1ccc2c(c1)OCCO2. The fourth-order valence-electron chi connectivity index (χ4n) is 3.12. The molecule has 0 N–H and O–H groups in total.